The number of pyridine rings is 2. The molecule has 0 fully saturated rings. The van der Waals surface area contributed by atoms with Crippen LogP contribution in [-0.4, -0.2) is 21.5 Å². The van der Waals surface area contributed by atoms with E-state index in [9.17, 15) is 0 Å². The van der Waals surface area contributed by atoms with Gasteiger partial charge in [-0.1, -0.05) is 18.3 Å². The zero-order chi connectivity index (χ0) is 15.4. The van der Waals surface area contributed by atoms with Gasteiger partial charge in [-0.25, -0.2) is 4.98 Å². The highest BCUT2D eigenvalue weighted by Gasteiger charge is 2.13. The average molecular weight is 310 g/mol. The number of rotatable bonds is 5. The first-order chi connectivity index (χ1) is 10.8. The van der Waals surface area contributed by atoms with Gasteiger partial charge >= 0.3 is 0 Å². The van der Waals surface area contributed by atoms with Gasteiger partial charge in [-0.3, -0.25) is 9.97 Å². The van der Waals surface area contributed by atoms with Crippen molar-refractivity contribution in [3.05, 3.63) is 48.5 Å². The minimum absolute atomic E-state index is 0.939. The minimum atomic E-state index is 0.939. The van der Waals surface area contributed by atoms with Crippen molar-refractivity contribution in [3.63, 3.8) is 0 Å². The van der Waals surface area contributed by atoms with Crippen molar-refractivity contribution in [1.29, 1.82) is 0 Å². The first-order valence-electron chi connectivity index (χ1n) is 7.35. The van der Waals surface area contributed by atoms with E-state index in [1.807, 2.05) is 30.7 Å². The van der Waals surface area contributed by atoms with Crippen LogP contribution in [-0.2, 0) is 0 Å². The maximum absolute atomic E-state index is 4.58. The highest BCUT2D eigenvalue weighted by molar-refractivity contribution is 7.18. The van der Waals surface area contributed by atoms with E-state index in [0.717, 1.165) is 39.8 Å². The molecule has 0 bridgehead atoms. The monoisotopic (exact) mass is 310 g/mol. The minimum Gasteiger partial charge on any atom is -0.362 e. The zero-order valence-corrected chi connectivity index (χ0v) is 13.5. The molecule has 0 saturated heterocycles. The normalized spacial score (nSPS) is 10.6. The number of hydrogen-bond donors (Lipinski definition) is 1. The lowest BCUT2D eigenvalue weighted by molar-refractivity contribution is 0.976. The van der Waals surface area contributed by atoms with Crippen LogP contribution in [0.4, 0.5) is 5.13 Å². The van der Waals surface area contributed by atoms with Crippen LogP contribution in [0.5, 0.6) is 0 Å². The molecular formula is C17H18N4S. The number of thiazole rings is 1. The van der Waals surface area contributed by atoms with Crippen LogP contribution in [0.3, 0.4) is 0 Å². The van der Waals surface area contributed by atoms with Crippen LogP contribution in [0, 0.1) is 6.92 Å². The van der Waals surface area contributed by atoms with E-state index in [1.54, 1.807) is 17.5 Å². The fraction of sp³-hybridized carbons (Fsp3) is 0.235. The van der Waals surface area contributed by atoms with Gasteiger partial charge in [0.05, 0.1) is 10.6 Å². The Labute approximate surface area is 134 Å². The van der Waals surface area contributed by atoms with Gasteiger partial charge in [-0.15, -0.1) is 0 Å². The summed E-state index contributed by atoms with van der Waals surface area (Å²) in [5, 5.41) is 4.28. The Morgan fingerprint density at radius 3 is 2.82 bits per heavy atom. The SMILES string of the molecule is CCCNc1ncc(-c2cccnc2-c2cnccc2C)s1. The standard InChI is InChI=1S/C17H18N4S/c1-3-7-20-17-21-11-15(22-17)13-5-4-8-19-16(13)14-10-18-9-6-12(14)2/h4-6,8-11H,3,7H2,1-2H3,(H,20,21). The smallest absolute Gasteiger partial charge is 0.183 e. The molecule has 4 nitrogen and oxygen atoms in total. The lowest BCUT2D eigenvalue weighted by atomic mass is 10.0. The third-order valence-electron chi connectivity index (χ3n) is 3.40. The molecule has 112 valence electrons. The summed E-state index contributed by atoms with van der Waals surface area (Å²) in [5.41, 5.74) is 4.29. The fourth-order valence-electron chi connectivity index (χ4n) is 2.24. The van der Waals surface area contributed by atoms with Crippen molar-refractivity contribution < 1.29 is 0 Å². The third kappa shape index (κ3) is 2.99. The summed E-state index contributed by atoms with van der Waals surface area (Å²) in [4.78, 5) is 14.4. The molecular weight excluding hydrogens is 292 g/mol. The maximum Gasteiger partial charge on any atom is 0.183 e. The molecule has 0 amide bonds. The lowest BCUT2D eigenvalue weighted by Gasteiger charge is -2.08. The first-order valence-corrected chi connectivity index (χ1v) is 8.17. The second-order valence-corrected chi connectivity index (χ2v) is 6.08. The number of hydrogen-bond acceptors (Lipinski definition) is 5. The number of nitrogens with zero attached hydrogens (tertiary/aromatic N) is 3. The van der Waals surface area contributed by atoms with Crippen LogP contribution in [0.25, 0.3) is 21.7 Å². The lowest BCUT2D eigenvalue weighted by Crippen LogP contribution is -1.97. The first kappa shape index (κ1) is 14.7. The van der Waals surface area contributed by atoms with Crippen molar-refractivity contribution in [2.45, 2.75) is 20.3 Å². The maximum atomic E-state index is 4.58. The number of aromatic nitrogens is 3. The Bertz CT molecular complexity index is 767. The van der Waals surface area contributed by atoms with Gasteiger partial charge in [0.2, 0.25) is 0 Å². The number of anilines is 1. The van der Waals surface area contributed by atoms with Crippen LogP contribution in [0.2, 0.25) is 0 Å². The van der Waals surface area contributed by atoms with Gasteiger partial charge in [0.1, 0.15) is 0 Å². The Morgan fingerprint density at radius 1 is 1.09 bits per heavy atom. The van der Waals surface area contributed by atoms with Crippen LogP contribution >= 0.6 is 11.3 Å². The Balaban J connectivity index is 2.02. The van der Waals surface area contributed by atoms with Crippen molar-refractivity contribution in [3.8, 4) is 21.7 Å². The summed E-state index contributed by atoms with van der Waals surface area (Å²) >= 11 is 1.66. The quantitative estimate of drug-likeness (QED) is 0.759. The molecule has 3 aromatic heterocycles. The van der Waals surface area contributed by atoms with Gasteiger partial charge in [0.25, 0.3) is 0 Å². The highest BCUT2D eigenvalue weighted by Crippen LogP contribution is 2.35. The second-order valence-electron chi connectivity index (χ2n) is 5.05. The van der Waals surface area contributed by atoms with Gasteiger partial charge in [-0.2, -0.15) is 0 Å². The molecule has 0 aliphatic carbocycles. The Kier molecular flexibility index (Phi) is 4.44. The van der Waals surface area contributed by atoms with Gasteiger partial charge < -0.3 is 5.32 Å². The van der Waals surface area contributed by atoms with Crippen LogP contribution in [0.15, 0.2) is 43.0 Å². The van der Waals surface area contributed by atoms with Crippen LogP contribution in [0.1, 0.15) is 18.9 Å². The van der Waals surface area contributed by atoms with Crippen molar-refractivity contribution in [1.82, 2.24) is 15.0 Å². The molecule has 0 radical (unpaired) electrons. The Hall–Kier alpha value is -2.27. The van der Waals surface area contributed by atoms with E-state index in [1.165, 1.54) is 5.56 Å². The molecule has 3 aromatic rings. The van der Waals surface area contributed by atoms with Crippen molar-refractivity contribution in [2.24, 2.45) is 0 Å². The molecule has 0 saturated carbocycles. The molecule has 0 atom stereocenters. The molecule has 0 unspecified atom stereocenters. The predicted molar refractivity (Wildman–Crippen MR) is 92.1 cm³/mol. The van der Waals surface area contributed by atoms with E-state index in [4.69, 9.17) is 0 Å². The summed E-state index contributed by atoms with van der Waals surface area (Å²) in [6.45, 7) is 5.16. The molecule has 1 N–H and O–H groups in total. The van der Waals surface area contributed by atoms with Crippen LogP contribution < -0.4 is 5.32 Å². The van der Waals surface area contributed by atoms with E-state index >= 15 is 0 Å². The second kappa shape index (κ2) is 6.66. The van der Waals surface area contributed by atoms with Gasteiger partial charge in [-0.05, 0) is 37.1 Å². The summed E-state index contributed by atoms with van der Waals surface area (Å²) < 4.78 is 0. The van der Waals surface area contributed by atoms with Crippen molar-refractivity contribution >= 4 is 16.5 Å². The molecule has 3 heterocycles. The summed E-state index contributed by atoms with van der Waals surface area (Å²) in [5.74, 6) is 0. The van der Waals surface area contributed by atoms with Gasteiger partial charge in [0.15, 0.2) is 5.13 Å². The van der Waals surface area contributed by atoms with Crippen molar-refractivity contribution in [2.75, 3.05) is 11.9 Å². The molecule has 0 spiro atoms. The van der Waals surface area contributed by atoms with E-state index in [0.29, 0.717) is 0 Å². The summed E-state index contributed by atoms with van der Waals surface area (Å²) in [7, 11) is 0. The molecule has 5 heteroatoms. The Morgan fingerprint density at radius 2 is 2.00 bits per heavy atom. The number of aryl methyl sites for hydroxylation is 1. The molecule has 0 aliphatic rings. The van der Waals surface area contributed by atoms with Gasteiger partial charge in [0, 0.05) is 42.5 Å². The zero-order valence-electron chi connectivity index (χ0n) is 12.7. The molecule has 0 aliphatic heterocycles. The van der Waals surface area contributed by atoms with E-state index < -0.39 is 0 Å². The third-order valence-corrected chi connectivity index (χ3v) is 4.39. The van der Waals surface area contributed by atoms with E-state index in [-0.39, 0.29) is 0 Å². The average Bonchev–Trinajstić information content (AvgIpc) is 3.02. The topological polar surface area (TPSA) is 50.7 Å². The molecule has 3 rings (SSSR count). The van der Waals surface area contributed by atoms with E-state index in [2.05, 4.69) is 40.2 Å². The largest absolute Gasteiger partial charge is 0.362 e. The molecule has 22 heavy (non-hydrogen) atoms. The fourth-order valence-corrected chi connectivity index (χ4v) is 3.11. The predicted octanol–water partition coefficient (Wildman–Crippen LogP) is 4.40. The summed E-state index contributed by atoms with van der Waals surface area (Å²) in [6, 6.07) is 6.06. The number of nitrogens with one attached hydrogen (secondary N) is 1. The molecule has 0 aromatic carbocycles. The summed E-state index contributed by atoms with van der Waals surface area (Å²) in [6.07, 6.45) is 8.50. The highest BCUT2D eigenvalue weighted by atomic mass is 32.1.